The maximum atomic E-state index is 12.7. The van der Waals surface area contributed by atoms with Crippen molar-refractivity contribution >= 4 is 33.5 Å². The van der Waals surface area contributed by atoms with Gasteiger partial charge >= 0.3 is 6.09 Å². The highest BCUT2D eigenvalue weighted by Gasteiger charge is 2.35. The second-order valence-corrected chi connectivity index (χ2v) is 12.4. The number of benzene rings is 2. The molecule has 2 aliphatic rings. The van der Waals surface area contributed by atoms with E-state index in [2.05, 4.69) is 28.4 Å². The number of carbonyl (C=O) groups excluding carboxylic acids is 1. The molecule has 222 valence electrons. The number of alkyl carbamates (subject to hydrolysis) is 1. The summed E-state index contributed by atoms with van der Waals surface area (Å²) in [7, 11) is 0. The molecule has 2 aromatic carbocycles. The van der Waals surface area contributed by atoms with Crippen LogP contribution in [-0.2, 0) is 30.7 Å². The third kappa shape index (κ3) is 6.05. The van der Waals surface area contributed by atoms with Crippen LogP contribution in [0.15, 0.2) is 54.6 Å². The Hall–Kier alpha value is -3.76. The van der Waals surface area contributed by atoms with Crippen molar-refractivity contribution in [1.82, 2.24) is 14.3 Å². The van der Waals surface area contributed by atoms with E-state index < -0.39 is 6.09 Å². The number of nitrogens with zero attached hydrogens (tertiary/aromatic N) is 4. The van der Waals surface area contributed by atoms with E-state index >= 15 is 0 Å². The first-order valence-corrected chi connectivity index (χ1v) is 15.8. The number of quaternary nitrogens is 1. The Morgan fingerprint density at radius 1 is 0.952 bits per heavy atom. The van der Waals surface area contributed by atoms with E-state index in [0.717, 1.165) is 93.8 Å². The molecular weight excluding hydrogens is 550 g/mol. The van der Waals surface area contributed by atoms with Crippen molar-refractivity contribution in [2.24, 2.45) is 0 Å². The van der Waals surface area contributed by atoms with Crippen LogP contribution in [0.3, 0.4) is 0 Å². The van der Waals surface area contributed by atoms with Gasteiger partial charge in [-0.05, 0) is 67.8 Å². The number of aromatic nitrogens is 2. The van der Waals surface area contributed by atoms with Crippen LogP contribution < -0.4 is 10.2 Å². The summed E-state index contributed by atoms with van der Waals surface area (Å²) >= 11 is 1.53. The van der Waals surface area contributed by atoms with Gasteiger partial charge in [0.1, 0.15) is 0 Å². The summed E-state index contributed by atoms with van der Waals surface area (Å²) in [6.45, 7) is 5.49. The molecule has 3 heterocycles. The maximum absolute atomic E-state index is 12.7. The first-order valence-electron chi connectivity index (χ1n) is 15.0. The molecule has 1 amide bonds. The molecular formula is C32H40N5O4S+. The van der Waals surface area contributed by atoms with Gasteiger partial charge in [0.05, 0.1) is 37.4 Å². The van der Waals surface area contributed by atoms with Crippen LogP contribution in [0.2, 0.25) is 0 Å². The lowest BCUT2D eigenvalue weighted by molar-refractivity contribution is -0.944. The molecule has 1 aliphatic carbocycles. The van der Waals surface area contributed by atoms with Crippen molar-refractivity contribution in [2.75, 3.05) is 44.4 Å². The number of aromatic hydroxyl groups is 2. The van der Waals surface area contributed by atoms with E-state index in [0.29, 0.717) is 24.3 Å². The van der Waals surface area contributed by atoms with Gasteiger partial charge in [-0.2, -0.15) is 4.37 Å². The third-order valence-electron chi connectivity index (χ3n) is 8.88. The van der Waals surface area contributed by atoms with Crippen molar-refractivity contribution in [3.05, 3.63) is 71.3 Å². The average Bonchev–Trinajstić information content (AvgIpc) is 3.57. The highest BCUT2D eigenvalue weighted by Crippen LogP contribution is 2.39. The van der Waals surface area contributed by atoms with E-state index in [4.69, 9.17) is 9.11 Å². The monoisotopic (exact) mass is 590 g/mol. The second kappa shape index (κ2) is 12.6. The number of carbonyl (C=O) groups is 1. The van der Waals surface area contributed by atoms with Gasteiger partial charge in [-0.1, -0.05) is 42.5 Å². The molecule has 1 saturated heterocycles. The van der Waals surface area contributed by atoms with Crippen molar-refractivity contribution in [2.45, 2.75) is 51.6 Å². The number of fused-ring (bicyclic) bond motifs is 2. The van der Waals surface area contributed by atoms with Crippen LogP contribution in [0.25, 0.3) is 10.1 Å². The highest BCUT2D eigenvalue weighted by molar-refractivity contribution is 7.13. The second-order valence-electron chi connectivity index (χ2n) is 11.6. The van der Waals surface area contributed by atoms with Gasteiger partial charge in [-0.3, -0.25) is 9.05 Å². The van der Waals surface area contributed by atoms with E-state index in [1.807, 2.05) is 36.4 Å². The molecule has 3 N–H and O–H groups in total. The molecule has 0 unspecified atom stereocenters. The standard InChI is InChI=1S/C32H39N5O4S/c38-30-25-12-4-5-13-26(25)31(39)36(30)16-8-9-19-37(23-41-32(40)33-22-24-10-2-1-3-11-24)20-17-35(18-21-37)29-27-14-6-7-15-28(27)42-34-29/h1-3,6-7,10-11,14-15H,4-5,8-9,12-13,16-23H2,(H2-,33,38,39,40)/p+1. The van der Waals surface area contributed by atoms with Gasteiger partial charge in [0, 0.05) is 29.6 Å². The van der Waals surface area contributed by atoms with Gasteiger partial charge in [0.25, 0.3) is 0 Å². The molecule has 0 saturated carbocycles. The Labute approximate surface area is 250 Å². The quantitative estimate of drug-likeness (QED) is 0.169. The first-order chi connectivity index (χ1) is 20.5. The molecule has 2 aromatic heterocycles. The average molecular weight is 591 g/mol. The summed E-state index contributed by atoms with van der Waals surface area (Å²) in [6.07, 6.45) is 5.06. The van der Waals surface area contributed by atoms with E-state index in [9.17, 15) is 15.0 Å². The summed E-state index contributed by atoms with van der Waals surface area (Å²) in [4.78, 5) is 15.0. The van der Waals surface area contributed by atoms with Crippen LogP contribution in [0.4, 0.5) is 10.6 Å². The van der Waals surface area contributed by atoms with Gasteiger partial charge in [0.15, 0.2) is 17.6 Å². The number of nitrogens with one attached hydrogen (secondary N) is 1. The number of amides is 1. The topological polar surface area (TPSA) is 99.8 Å². The number of rotatable bonds is 10. The van der Waals surface area contributed by atoms with Gasteiger partial charge in [-0.25, -0.2) is 4.79 Å². The van der Waals surface area contributed by atoms with E-state index in [1.54, 1.807) is 4.57 Å². The van der Waals surface area contributed by atoms with Gasteiger partial charge < -0.3 is 25.2 Å². The van der Waals surface area contributed by atoms with Gasteiger partial charge in [-0.15, -0.1) is 0 Å². The lowest BCUT2D eigenvalue weighted by Gasteiger charge is -2.44. The smallest absolute Gasteiger partial charge is 0.411 e. The summed E-state index contributed by atoms with van der Waals surface area (Å²) in [5.41, 5.74) is 2.87. The molecule has 0 bridgehead atoms. The Bertz CT molecular complexity index is 1480. The Morgan fingerprint density at radius 3 is 2.38 bits per heavy atom. The van der Waals surface area contributed by atoms with Crippen LogP contribution in [-0.4, -0.2) is 69.2 Å². The predicted octanol–water partition coefficient (Wildman–Crippen LogP) is 5.39. The van der Waals surface area contributed by atoms with Crippen molar-refractivity contribution in [3.8, 4) is 11.8 Å². The number of piperazine rings is 1. The van der Waals surface area contributed by atoms with Crippen molar-refractivity contribution in [1.29, 1.82) is 0 Å². The van der Waals surface area contributed by atoms with Crippen molar-refractivity contribution < 1.29 is 24.2 Å². The summed E-state index contributed by atoms with van der Waals surface area (Å²) in [6, 6.07) is 18.2. The Kier molecular flexibility index (Phi) is 8.53. The normalized spacial score (nSPS) is 16.3. The molecule has 6 rings (SSSR count). The fourth-order valence-electron chi connectivity index (χ4n) is 6.39. The van der Waals surface area contributed by atoms with Crippen LogP contribution in [0.5, 0.6) is 11.8 Å². The van der Waals surface area contributed by atoms with Crippen LogP contribution >= 0.6 is 11.5 Å². The van der Waals surface area contributed by atoms with Crippen LogP contribution in [0, 0.1) is 0 Å². The Balaban J connectivity index is 1.09. The zero-order valence-electron chi connectivity index (χ0n) is 24.0. The van der Waals surface area contributed by atoms with Crippen molar-refractivity contribution in [3.63, 3.8) is 0 Å². The lowest BCUT2D eigenvalue weighted by Crippen LogP contribution is -2.61. The Morgan fingerprint density at radius 2 is 1.64 bits per heavy atom. The van der Waals surface area contributed by atoms with E-state index in [-0.39, 0.29) is 11.8 Å². The molecule has 9 nitrogen and oxygen atoms in total. The summed E-state index contributed by atoms with van der Waals surface area (Å²) < 4.78 is 14.1. The molecule has 10 heteroatoms. The maximum Gasteiger partial charge on any atom is 0.411 e. The molecule has 4 aromatic rings. The highest BCUT2D eigenvalue weighted by atomic mass is 32.1. The summed E-state index contributed by atoms with van der Waals surface area (Å²) in [5, 5.41) is 25.6. The third-order valence-corrected chi connectivity index (χ3v) is 9.70. The van der Waals surface area contributed by atoms with Crippen LogP contribution in [0.1, 0.15) is 42.4 Å². The van der Waals surface area contributed by atoms with Gasteiger partial charge in [0.2, 0.25) is 6.73 Å². The molecule has 1 fully saturated rings. The number of unbranched alkanes of at least 4 members (excludes halogenated alkanes) is 1. The zero-order chi connectivity index (χ0) is 28.9. The minimum atomic E-state index is -0.406. The number of hydrogen-bond acceptors (Lipinski definition) is 7. The predicted molar refractivity (Wildman–Crippen MR) is 165 cm³/mol. The molecule has 0 radical (unpaired) electrons. The molecule has 1 aliphatic heterocycles. The lowest BCUT2D eigenvalue weighted by atomic mass is 9.95. The SMILES string of the molecule is O=C(NCc1ccccc1)OC[N+]1(CCCCn2c(O)c3c(c2O)CCCC3)CCN(c2nsc3ccccc23)CC1. The van der Waals surface area contributed by atoms with E-state index in [1.165, 1.54) is 21.6 Å². The molecule has 0 spiro atoms. The fourth-order valence-corrected chi connectivity index (χ4v) is 7.19. The number of hydrogen-bond donors (Lipinski definition) is 3. The molecule has 0 atom stereocenters. The molecule has 42 heavy (non-hydrogen) atoms. The zero-order valence-corrected chi connectivity index (χ0v) is 24.8. The number of anilines is 1. The largest absolute Gasteiger partial charge is 0.494 e. The number of ether oxygens (including phenoxy) is 1. The minimum Gasteiger partial charge on any atom is -0.494 e. The first kappa shape index (κ1) is 28.4. The summed E-state index contributed by atoms with van der Waals surface area (Å²) in [5.74, 6) is 1.50. The fraction of sp³-hybridized carbons (Fsp3) is 0.438. The minimum absolute atomic E-state index is 0.230.